The van der Waals surface area contributed by atoms with Crippen molar-refractivity contribution in [3.63, 3.8) is 0 Å². The number of hydrogen-bond acceptors (Lipinski definition) is 11. The van der Waals surface area contributed by atoms with E-state index < -0.39 is 42.3 Å². The number of nitriles is 1. The summed E-state index contributed by atoms with van der Waals surface area (Å²) in [5.41, 5.74) is 21.1. The highest BCUT2D eigenvalue weighted by molar-refractivity contribution is 6.01. The molecule has 0 fully saturated rings. The van der Waals surface area contributed by atoms with Gasteiger partial charge in [0, 0.05) is 43.2 Å². The first kappa shape index (κ1) is 49.6. The van der Waals surface area contributed by atoms with E-state index in [1.165, 1.54) is 42.5 Å². The molecule has 0 aromatic heterocycles. The van der Waals surface area contributed by atoms with Crippen molar-refractivity contribution >= 4 is 29.5 Å². The van der Waals surface area contributed by atoms with Gasteiger partial charge in [0.15, 0.2) is 0 Å². The van der Waals surface area contributed by atoms with E-state index in [1.54, 1.807) is 36.4 Å². The molecule has 3 aromatic carbocycles. The second-order valence-electron chi connectivity index (χ2n) is 15.6. The average molecular weight is 868 g/mol. The lowest BCUT2D eigenvalue weighted by atomic mass is 9.93. The number of nitrogens with two attached hydrogens (primary N) is 3. The van der Waals surface area contributed by atoms with Crippen molar-refractivity contribution in [1.82, 2.24) is 25.8 Å². The molecule has 3 aromatic rings. The largest absolute Gasteiger partial charge is 0.492 e. The minimum atomic E-state index is -1.28. The lowest BCUT2D eigenvalue weighted by Gasteiger charge is -2.31. The number of nitrogens with zero attached hydrogens (tertiary/aromatic N) is 3. The van der Waals surface area contributed by atoms with Gasteiger partial charge in [0.25, 0.3) is 5.91 Å². The Morgan fingerprint density at radius 3 is 2.21 bits per heavy atom. The van der Waals surface area contributed by atoms with E-state index in [9.17, 15) is 24.0 Å². The molecular weight excluding hydrogens is 803 g/mol. The van der Waals surface area contributed by atoms with E-state index >= 15 is 0 Å². The number of rotatable bonds is 18. The first-order valence-corrected chi connectivity index (χ1v) is 22.0. The van der Waals surface area contributed by atoms with Crippen molar-refractivity contribution in [3.8, 4) is 28.7 Å². The van der Waals surface area contributed by atoms with Crippen molar-refractivity contribution in [3.05, 3.63) is 82.4 Å². The molecule has 2 heterocycles. The van der Waals surface area contributed by atoms with Crippen LogP contribution in [0.15, 0.2) is 54.6 Å². The third-order valence-corrected chi connectivity index (χ3v) is 10.9. The first-order chi connectivity index (χ1) is 30.4. The summed E-state index contributed by atoms with van der Waals surface area (Å²) >= 11 is 0. The van der Waals surface area contributed by atoms with Crippen LogP contribution in [0.2, 0.25) is 0 Å². The molecule has 16 heteroatoms. The third-order valence-electron chi connectivity index (χ3n) is 10.9. The number of aryl methyl sites for hydroxylation is 1. The molecule has 3 unspecified atom stereocenters. The summed E-state index contributed by atoms with van der Waals surface area (Å²) in [5.74, 6) is -1.85. The summed E-state index contributed by atoms with van der Waals surface area (Å²) in [5, 5.41) is 16.9. The Morgan fingerprint density at radius 2 is 1.54 bits per heavy atom. The molecule has 63 heavy (non-hydrogen) atoms. The van der Waals surface area contributed by atoms with E-state index in [0.29, 0.717) is 39.3 Å². The average Bonchev–Trinajstić information content (AvgIpc) is 3.51. The fourth-order valence-electron chi connectivity index (χ4n) is 7.71. The van der Waals surface area contributed by atoms with Crippen LogP contribution >= 0.6 is 0 Å². The van der Waals surface area contributed by atoms with Gasteiger partial charge in [0.2, 0.25) is 23.6 Å². The molecule has 0 spiro atoms. The van der Waals surface area contributed by atoms with E-state index in [2.05, 4.69) is 28.9 Å². The lowest BCUT2D eigenvalue weighted by molar-refractivity contribution is -0.140. The summed E-state index contributed by atoms with van der Waals surface area (Å²) in [6, 6.07) is 15.4. The summed E-state index contributed by atoms with van der Waals surface area (Å²) in [7, 11) is 1.48. The number of amides is 5. The van der Waals surface area contributed by atoms with Gasteiger partial charge < -0.3 is 52.4 Å². The molecule has 5 amide bonds. The number of likely N-dealkylation sites (N-methyl/N-ethyl adjacent to an activating group) is 1. The maximum Gasteiger partial charge on any atom is 0.255 e. The molecular formula is C47H65N9O7. The molecule has 340 valence electrons. The van der Waals surface area contributed by atoms with Crippen LogP contribution in [0, 0.1) is 11.3 Å². The minimum absolute atomic E-state index is 0.0393. The summed E-state index contributed by atoms with van der Waals surface area (Å²) in [6.07, 6.45) is 8.06. The van der Waals surface area contributed by atoms with Crippen LogP contribution in [-0.4, -0.2) is 105 Å². The number of carbonyl (C=O) groups is 5. The van der Waals surface area contributed by atoms with Gasteiger partial charge in [-0.15, -0.1) is 0 Å². The maximum absolute atomic E-state index is 14.3. The number of nitrogens with one attached hydrogen (secondary N) is 3. The van der Waals surface area contributed by atoms with Gasteiger partial charge in [-0.05, 0) is 78.9 Å². The predicted molar refractivity (Wildman–Crippen MR) is 241 cm³/mol. The quantitative estimate of drug-likeness (QED) is 0.0799. The normalized spacial score (nSPS) is 16.9. The number of carbonyl (C=O) groups excluding carboxylic acids is 5. The molecule has 0 radical (unpaired) electrons. The number of ether oxygens (including phenoxy) is 2. The second kappa shape index (κ2) is 25.2. The zero-order valence-electron chi connectivity index (χ0n) is 37.2. The van der Waals surface area contributed by atoms with Crippen LogP contribution in [0.25, 0.3) is 11.1 Å². The number of hydrogen-bond donors (Lipinski definition) is 6. The predicted octanol–water partition coefficient (Wildman–Crippen LogP) is 3.41. The molecule has 2 aliphatic heterocycles. The van der Waals surface area contributed by atoms with Gasteiger partial charge in [-0.25, -0.2) is 0 Å². The van der Waals surface area contributed by atoms with Gasteiger partial charge in [-0.2, -0.15) is 5.26 Å². The molecule has 5 rings (SSSR count). The van der Waals surface area contributed by atoms with E-state index in [4.69, 9.17) is 31.9 Å². The molecule has 0 saturated heterocycles. The molecule has 3 atom stereocenters. The Labute approximate surface area is 371 Å². The molecule has 2 aliphatic rings. The highest BCUT2D eigenvalue weighted by Gasteiger charge is 2.38. The topological polar surface area (TPSA) is 248 Å². The van der Waals surface area contributed by atoms with E-state index in [-0.39, 0.29) is 57.8 Å². The monoisotopic (exact) mass is 868 g/mol. The standard InChI is InChI=1S/C45H58N8O7.C2H7N/c1-4-5-6-7-8-9-10-30-11-14-33-34(23-30)29(2)53(45(33)58)28-41(55)52(3)42-32-13-16-39(60-22-19-48)36(26-32)35-24-31(12-15-38(35)59-21-18-47)25-37(43(56)49-20-17-46)51-40(54)27-50-44(42)57;1-2-3/h11-16,23-24,26,29,37,42H,4-10,18-22,25,27-28,47-48H2,1-3H3,(H,49,56)(H,50,57)(H,51,54);2-3H2,1H3. The Bertz CT molecular complexity index is 2090. The van der Waals surface area contributed by atoms with Crippen molar-refractivity contribution in [2.75, 3.05) is 59.5 Å². The fraction of sp³-hybridized carbons (Fsp3) is 0.489. The van der Waals surface area contributed by atoms with Crippen LogP contribution in [0.1, 0.15) is 104 Å². The highest BCUT2D eigenvalue weighted by Crippen LogP contribution is 2.40. The Morgan fingerprint density at radius 1 is 0.889 bits per heavy atom. The van der Waals surface area contributed by atoms with Crippen LogP contribution in [0.5, 0.6) is 11.5 Å². The van der Waals surface area contributed by atoms with Gasteiger partial charge in [-0.1, -0.05) is 70.2 Å². The number of benzene rings is 3. The third kappa shape index (κ3) is 13.5. The zero-order chi connectivity index (χ0) is 45.9. The van der Waals surface area contributed by atoms with E-state index in [0.717, 1.165) is 36.9 Å². The van der Waals surface area contributed by atoms with Crippen molar-refractivity contribution in [2.45, 2.75) is 90.3 Å². The Balaban J connectivity index is 0.00000282. The van der Waals surface area contributed by atoms with Gasteiger partial charge >= 0.3 is 0 Å². The number of unbranched alkanes of at least 4 members (excludes halogenated alkanes) is 5. The lowest BCUT2D eigenvalue weighted by Crippen LogP contribution is -2.52. The summed E-state index contributed by atoms with van der Waals surface area (Å²) in [4.78, 5) is 71.6. The molecule has 9 N–H and O–H groups in total. The smallest absolute Gasteiger partial charge is 0.255 e. The van der Waals surface area contributed by atoms with Crippen LogP contribution in [0.3, 0.4) is 0 Å². The highest BCUT2D eigenvalue weighted by atomic mass is 16.5. The van der Waals surface area contributed by atoms with Crippen molar-refractivity contribution in [2.24, 2.45) is 17.2 Å². The Hall–Kier alpha value is -6.02. The number of fused-ring (bicyclic) bond motifs is 6. The van der Waals surface area contributed by atoms with Crippen molar-refractivity contribution < 1.29 is 33.4 Å². The first-order valence-electron chi connectivity index (χ1n) is 22.0. The second-order valence-corrected chi connectivity index (χ2v) is 15.6. The van der Waals surface area contributed by atoms with E-state index in [1.807, 2.05) is 32.0 Å². The van der Waals surface area contributed by atoms with Crippen LogP contribution in [-0.2, 0) is 32.0 Å². The summed E-state index contributed by atoms with van der Waals surface area (Å²) in [6.45, 7) is 6.46. The van der Waals surface area contributed by atoms with Crippen LogP contribution in [0.4, 0.5) is 0 Å². The fourth-order valence-corrected chi connectivity index (χ4v) is 7.71. The van der Waals surface area contributed by atoms with Gasteiger partial charge in [0.1, 0.15) is 49.9 Å². The van der Waals surface area contributed by atoms with Crippen LogP contribution < -0.4 is 42.6 Å². The van der Waals surface area contributed by atoms with Gasteiger partial charge in [0.05, 0.1) is 18.7 Å². The molecule has 16 nitrogen and oxygen atoms in total. The molecule has 4 bridgehead atoms. The minimum Gasteiger partial charge on any atom is -0.492 e. The van der Waals surface area contributed by atoms with Crippen molar-refractivity contribution in [1.29, 1.82) is 5.26 Å². The SMILES string of the molecule is CCCCCCCCc1ccc2c(c1)C(C)N(CC(=O)N(C)C1C(=O)NCC(=O)NC(C(=O)NCC#N)Cc3ccc(OCCN)c(c3)-c3cc1ccc3OCCN)C2=O.CCN. The zero-order valence-corrected chi connectivity index (χ0v) is 37.2. The maximum atomic E-state index is 14.3. The Kier molecular flexibility index (Phi) is 19.8. The summed E-state index contributed by atoms with van der Waals surface area (Å²) < 4.78 is 12.2. The van der Waals surface area contributed by atoms with Gasteiger partial charge in [-0.3, -0.25) is 24.0 Å². The molecule has 0 aliphatic carbocycles. The molecule has 0 saturated carbocycles.